The summed E-state index contributed by atoms with van der Waals surface area (Å²) in [5.41, 5.74) is 3.63. The molecule has 0 radical (unpaired) electrons. The second kappa shape index (κ2) is 18.7. The summed E-state index contributed by atoms with van der Waals surface area (Å²) in [4.78, 5) is 12.5. The standard InChI is InChI=1S/C33H48O3/c1-4-7-9-11-13-14-16-18-26-36-33(34)30-21-24-32(28(6-3)27-30)29-19-22-31(23-20-29)35-25-17-15-12-10-8-5-2/h6,19-24,27H,3-5,7-18,25-26H2,1-2H3. The Balaban J connectivity index is 1.78. The largest absolute Gasteiger partial charge is 0.494 e. The molecule has 0 bridgehead atoms. The SMILES string of the molecule is C=Cc1cc(C(=O)OCCCCCCCCCC)ccc1-c1ccc(OCCCCCCCC)cc1. The number of rotatable bonds is 20. The Morgan fingerprint density at radius 3 is 1.86 bits per heavy atom. The van der Waals surface area contributed by atoms with Crippen LogP contribution >= 0.6 is 0 Å². The Morgan fingerprint density at radius 2 is 1.28 bits per heavy atom. The van der Waals surface area contributed by atoms with Crippen LogP contribution in [0.5, 0.6) is 5.75 Å². The molecular weight excluding hydrogens is 444 g/mol. The van der Waals surface area contributed by atoms with E-state index in [1.807, 2.05) is 30.3 Å². The number of hydrogen-bond acceptors (Lipinski definition) is 3. The van der Waals surface area contributed by atoms with Crippen LogP contribution in [0.4, 0.5) is 0 Å². The highest BCUT2D eigenvalue weighted by Crippen LogP contribution is 2.28. The zero-order valence-electron chi connectivity index (χ0n) is 22.9. The van der Waals surface area contributed by atoms with Gasteiger partial charge in [-0.25, -0.2) is 4.79 Å². The lowest BCUT2D eigenvalue weighted by Gasteiger charge is -2.11. The molecule has 0 aromatic heterocycles. The molecule has 2 aromatic carbocycles. The van der Waals surface area contributed by atoms with Crippen LogP contribution in [0.1, 0.15) is 120 Å². The number of benzene rings is 2. The van der Waals surface area contributed by atoms with E-state index in [2.05, 4.69) is 32.6 Å². The summed E-state index contributed by atoms with van der Waals surface area (Å²) >= 11 is 0. The molecule has 3 heteroatoms. The van der Waals surface area contributed by atoms with E-state index in [0.717, 1.165) is 48.3 Å². The Kier molecular flexibility index (Phi) is 15.4. The number of esters is 1. The molecule has 36 heavy (non-hydrogen) atoms. The van der Waals surface area contributed by atoms with E-state index in [9.17, 15) is 4.79 Å². The first-order valence-corrected chi connectivity index (χ1v) is 14.4. The minimum absolute atomic E-state index is 0.258. The van der Waals surface area contributed by atoms with Gasteiger partial charge in [-0.3, -0.25) is 0 Å². The number of carbonyl (C=O) groups is 1. The van der Waals surface area contributed by atoms with E-state index >= 15 is 0 Å². The molecule has 0 N–H and O–H groups in total. The average Bonchev–Trinajstić information content (AvgIpc) is 2.91. The minimum Gasteiger partial charge on any atom is -0.494 e. The van der Waals surface area contributed by atoms with Crippen molar-refractivity contribution in [3.05, 3.63) is 60.2 Å². The first-order valence-electron chi connectivity index (χ1n) is 14.4. The summed E-state index contributed by atoms with van der Waals surface area (Å²) < 4.78 is 11.4. The molecule has 0 atom stereocenters. The highest BCUT2D eigenvalue weighted by Gasteiger charge is 2.11. The molecule has 0 aliphatic heterocycles. The Hall–Kier alpha value is -2.55. The van der Waals surface area contributed by atoms with Crippen molar-refractivity contribution < 1.29 is 14.3 Å². The molecule has 2 rings (SSSR count). The minimum atomic E-state index is -0.258. The molecule has 3 nitrogen and oxygen atoms in total. The van der Waals surface area contributed by atoms with Gasteiger partial charge < -0.3 is 9.47 Å². The molecule has 0 spiro atoms. The maximum atomic E-state index is 12.5. The summed E-state index contributed by atoms with van der Waals surface area (Å²) in [7, 11) is 0. The second-order valence-corrected chi connectivity index (χ2v) is 9.76. The predicted octanol–water partition coefficient (Wildman–Crippen LogP) is 10.0. The quantitative estimate of drug-likeness (QED) is 0.136. The lowest BCUT2D eigenvalue weighted by Crippen LogP contribution is -2.07. The van der Waals surface area contributed by atoms with E-state index in [1.54, 1.807) is 6.08 Å². The first kappa shape index (κ1) is 29.7. The maximum absolute atomic E-state index is 12.5. The van der Waals surface area contributed by atoms with Gasteiger partial charge in [0.1, 0.15) is 5.75 Å². The third-order valence-electron chi connectivity index (χ3n) is 6.67. The van der Waals surface area contributed by atoms with E-state index in [0.29, 0.717) is 12.2 Å². The van der Waals surface area contributed by atoms with Gasteiger partial charge in [-0.1, -0.05) is 122 Å². The molecule has 2 aromatic rings. The van der Waals surface area contributed by atoms with Gasteiger partial charge in [0.05, 0.1) is 18.8 Å². The molecule has 0 aliphatic rings. The molecule has 0 saturated heterocycles. The van der Waals surface area contributed by atoms with E-state index in [1.165, 1.54) is 70.6 Å². The van der Waals surface area contributed by atoms with E-state index in [4.69, 9.17) is 9.47 Å². The van der Waals surface area contributed by atoms with Crippen LogP contribution < -0.4 is 4.74 Å². The molecule has 0 unspecified atom stereocenters. The van der Waals surface area contributed by atoms with Gasteiger partial charge in [-0.05, 0) is 53.8 Å². The van der Waals surface area contributed by atoms with Crippen molar-refractivity contribution in [2.75, 3.05) is 13.2 Å². The lowest BCUT2D eigenvalue weighted by molar-refractivity contribution is 0.0497. The van der Waals surface area contributed by atoms with E-state index in [-0.39, 0.29) is 5.97 Å². The Labute approximate surface area is 220 Å². The van der Waals surface area contributed by atoms with Crippen LogP contribution in [0.3, 0.4) is 0 Å². The zero-order valence-corrected chi connectivity index (χ0v) is 22.9. The van der Waals surface area contributed by atoms with Crippen LogP contribution in [0.25, 0.3) is 17.2 Å². The summed E-state index contributed by atoms with van der Waals surface area (Å²) in [5, 5.41) is 0. The fourth-order valence-corrected chi connectivity index (χ4v) is 4.41. The maximum Gasteiger partial charge on any atom is 0.338 e. The van der Waals surface area contributed by atoms with Crippen LogP contribution in [0.15, 0.2) is 49.0 Å². The summed E-state index contributed by atoms with van der Waals surface area (Å²) in [5.74, 6) is 0.639. The first-order chi connectivity index (χ1) is 17.7. The van der Waals surface area contributed by atoms with Crippen molar-refractivity contribution >= 4 is 12.0 Å². The summed E-state index contributed by atoms with van der Waals surface area (Å²) in [6, 6.07) is 13.9. The third kappa shape index (κ3) is 11.5. The number of unbranched alkanes of at least 4 members (excludes halogenated alkanes) is 12. The Morgan fingerprint density at radius 1 is 0.722 bits per heavy atom. The van der Waals surface area contributed by atoms with Crippen molar-refractivity contribution in [1.29, 1.82) is 0 Å². The number of hydrogen-bond donors (Lipinski definition) is 0. The van der Waals surface area contributed by atoms with Gasteiger partial charge in [-0.15, -0.1) is 0 Å². The van der Waals surface area contributed by atoms with Gasteiger partial charge in [0.25, 0.3) is 0 Å². The highest BCUT2D eigenvalue weighted by molar-refractivity contribution is 5.92. The molecular formula is C33H48O3. The molecule has 198 valence electrons. The highest BCUT2D eigenvalue weighted by atomic mass is 16.5. The van der Waals surface area contributed by atoms with E-state index < -0.39 is 0 Å². The molecule has 0 heterocycles. The van der Waals surface area contributed by atoms with Crippen molar-refractivity contribution in [3.8, 4) is 16.9 Å². The molecule has 0 fully saturated rings. The van der Waals surface area contributed by atoms with Crippen LogP contribution in [0, 0.1) is 0 Å². The Bertz CT molecular complexity index is 869. The average molecular weight is 493 g/mol. The monoisotopic (exact) mass is 492 g/mol. The molecule has 0 aliphatic carbocycles. The van der Waals surface area contributed by atoms with Crippen molar-refractivity contribution in [3.63, 3.8) is 0 Å². The topological polar surface area (TPSA) is 35.5 Å². The second-order valence-electron chi connectivity index (χ2n) is 9.76. The van der Waals surface area contributed by atoms with Gasteiger partial charge in [0, 0.05) is 0 Å². The van der Waals surface area contributed by atoms with Gasteiger partial charge in [-0.2, -0.15) is 0 Å². The third-order valence-corrected chi connectivity index (χ3v) is 6.67. The lowest BCUT2D eigenvalue weighted by atomic mass is 9.97. The predicted molar refractivity (Wildman–Crippen MR) is 154 cm³/mol. The number of carbonyl (C=O) groups excluding carboxylic acids is 1. The zero-order chi connectivity index (χ0) is 25.8. The summed E-state index contributed by atoms with van der Waals surface area (Å²) in [6.45, 7) is 9.69. The summed E-state index contributed by atoms with van der Waals surface area (Å²) in [6.07, 6.45) is 19.2. The molecule has 0 amide bonds. The van der Waals surface area contributed by atoms with Crippen molar-refractivity contribution in [1.82, 2.24) is 0 Å². The van der Waals surface area contributed by atoms with Crippen molar-refractivity contribution in [2.24, 2.45) is 0 Å². The van der Waals surface area contributed by atoms with Gasteiger partial charge in [0.2, 0.25) is 0 Å². The van der Waals surface area contributed by atoms with Gasteiger partial charge >= 0.3 is 5.97 Å². The van der Waals surface area contributed by atoms with Crippen LogP contribution in [0.2, 0.25) is 0 Å². The number of ether oxygens (including phenoxy) is 2. The normalized spacial score (nSPS) is 10.8. The molecule has 0 saturated carbocycles. The van der Waals surface area contributed by atoms with Crippen molar-refractivity contribution in [2.45, 2.75) is 104 Å². The smallest absolute Gasteiger partial charge is 0.338 e. The fraction of sp³-hybridized carbons (Fsp3) is 0.545. The van der Waals surface area contributed by atoms with Gasteiger partial charge in [0.15, 0.2) is 0 Å². The van der Waals surface area contributed by atoms with Crippen LogP contribution in [-0.2, 0) is 4.74 Å². The van der Waals surface area contributed by atoms with Crippen LogP contribution in [-0.4, -0.2) is 19.2 Å². The fourth-order valence-electron chi connectivity index (χ4n) is 4.41.